The first-order valence-corrected chi connectivity index (χ1v) is 6.16. The zero-order valence-corrected chi connectivity index (χ0v) is 9.89. The Labute approximate surface area is 96.6 Å². The van der Waals surface area contributed by atoms with Crippen molar-refractivity contribution in [2.75, 3.05) is 6.61 Å². The van der Waals surface area contributed by atoms with E-state index in [1.54, 1.807) is 0 Å². The maximum absolute atomic E-state index is 11.5. The third kappa shape index (κ3) is 4.10. The summed E-state index contributed by atoms with van der Waals surface area (Å²) in [5, 5.41) is 18.0. The molecule has 1 aliphatic heterocycles. The maximum Gasteiger partial charge on any atom is 0.309 e. The Morgan fingerprint density at radius 3 is 2.88 bits per heavy atom. The van der Waals surface area contributed by atoms with Crippen molar-refractivity contribution in [3.8, 4) is 0 Å². The van der Waals surface area contributed by atoms with Crippen molar-refractivity contribution in [2.45, 2.75) is 57.7 Å². The number of cyclic esters (lactones) is 1. The summed E-state index contributed by atoms with van der Waals surface area (Å²) >= 11 is 0. The van der Waals surface area contributed by atoms with Crippen molar-refractivity contribution < 1.29 is 19.7 Å². The van der Waals surface area contributed by atoms with Crippen LogP contribution in [0.25, 0.3) is 0 Å². The molecule has 1 rings (SSSR count). The Bertz CT molecular complexity index is 217. The summed E-state index contributed by atoms with van der Waals surface area (Å²) < 4.78 is 5.23. The van der Waals surface area contributed by atoms with Crippen LogP contribution in [-0.2, 0) is 9.53 Å². The fraction of sp³-hybridized carbons (Fsp3) is 0.917. The van der Waals surface area contributed by atoms with E-state index in [1.165, 1.54) is 0 Å². The van der Waals surface area contributed by atoms with Gasteiger partial charge in [0.25, 0.3) is 0 Å². The fourth-order valence-electron chi connectivity index (χ4n) is 2.12. The van der Waals surface area contributed by atoms with Gasteiger partial charge in [0.15, 0.2) is 0 Å². The number of rotatable bonds is 7. The predicted octanol–water partition coefficient (Wildman–Crippen LogP) is 1.24. The van der Waals surface area contributed by atoms with E-state index in [0.29, 0.717) is 12.8 Å². The van der Waals surface area contributed by atoms with E-state index in [-0.39, 0.29) is 24.6 Å². The summed E-state index contributed by atoms with van der Waals surface area (Å²) in [6.07, 6.45) is 4.57. The van der Waals surface area contributed by atoms with E-state index >= 15 is 0 Å². The van der Waals surface area contributed by atoms with Gasteiger partial charge in [-0.15, -0.1) is 0 Å². The Morgan fingerprint density at radius 2 is 2.25 bits per heavy atom. The number of unbranched alkanes of at least 4 members (excludes halogenated alkanes) is 2. The van der Waals surface area contributed by atoms with E-state index < -0.39 is 6.10 Å². The second-order valence-corrected chi connectivity index (χ2v) is 4.56. The molecule has 1 saturated heterocycles. The van der Waals surface area contributed by atoms with Gasteiger partial charge in [-0.05, 0) is 25.7 Å². The van der Waals surface area contributed by atoms with Gasteiger partial charge in [-0.2, -0.15) is 0 Å². The molecule has 1 fully saturated rings. The molecule has 0 amide bonds. The summed E-state index contributed by atoms with van der Waals surface area (Å²) in [6.45, 7) is 1.85. The molecule has 3 atom stereocenters. The normalized spacial score (nSPS) is 26.8. The van der Waals surface area contributed by atoms with Crippen LogP contribution in [0, 0.1) is 5.92 Å². The Morgan fingerprint density at radius 1 is 1.50 bits per heavy atom. The Kier molecular flexibility index (Phi) is 5.77. The molecule has 0 bridgehead atoms. The fourth-order valence-corrected chi connectivity index (χ4v) is 2.12. The lowest BCUT2D eigenvalue weighted by molar-refractivity contribution is -0.145. The summed E-state index contributed by atoms with van der Waals surface area (Å²) in [6, 6.07) is 0. The van der Waals surface area contributed by atoms with Gasteiger partial charge in [0.2, 0.25) is 0 Å². The monoisotopic (exact) mass is 230 g/mol. The molecule has 94 valence electrons. The average molecular weight is 230 g/mol. The minimum absolute atomic E-state index is 0.0231. The highest BCUT2D eigenvalue weighted by molar-refractivity contribution is 5.74. The molecular formula is C12H22O4. The smallest absolute Gasteiger partial charge is 0.309 e. The van der Waals surface area contributed by atoms with Crippen molar-refractivity contribution in [3.63, 3.8) is 0 Å². The zero-order chi connectivity index (χ0) is 12.0. The van der Waals surface area contributed by atoms with E-state index in [9.17, 15) is 9.90 Å². The molecule has 0 spiro atoms. The van der Waals surface area contributed by atoms with Gasteiger partial charge in [-0.25, -0.2) is 0 Å². The maximum atomic E-state index is 11.5. The third-order valence-electron chi connectivity index (χ3n) is 3.06. The third-order valence-corrected chi connectivity index (χ3v) is 3.06. The summed E-state index contributed by atoms with van der Waals surface area (Å²) in [7, 11) is 0. The molecule has 0 radical (unpaired) electrons. The van der Waals surface area contributed by atoms with Crippen LogP contribution in [0.2, 0.25) is 0 Å². The quantitative estimate of drug-likeness (QED) is 0.510. The van der Waals surface area contributed by atoms with E-state index in [1.807, 2.05) is 0 Å². The SMILES string of the molecule is CCCCC[C@@H]1C[C@H](C[C@H](O)CO)C(=O)O1. The van der Waals surface area contributed by atoms with Crippen LogP contribution >= 0.6 is 0 Å². The van der Waals surface area contributed by atoms with Crippen molar-refractivity contribution in [2.24, 2.45) is 5.92 Å². The van der Waals surface area contributed by atoms with Crippen LogP contribution in [0.4, 0.5) is 0 Å². The topological polar surface area (TPSA) is 66.8 Å². The number of ether oxygens (including phenoxy) is 1. The number of carbonyl (C=O) groups excluding carboxylic acids is 1. The van der Waals surface area contributed by atoms with Gasteiger partial charge < -0.3 is 14.9 Å². The molecule has 1 heterocycles. The first-order chi connectivity index (χ1) is 7.67. The molecule has 4 heteroatoms. The van der Waals surface area contributed by atoms with Crippen molar-refractivity contribution in [1.82, 2.24) is 0 Å². The number of carbonyl (C=O) groups is 1. The molecule has 0 saturated carbocycles. The van der Waals surface area contributed by atoms with Crippen LogP contribution in [0.3, 0.4) is 0 Å². The molecule has 0 unspecified atom stereocenters. The van der Waals surface area contributed by atoms with E-state index in [0.717, 1.165) is 25.7 Å². The number of aliphatic hydroxyl groups excluding tert-OH is 2. The summed E-state index contributed by atoms with van der Waals surface area (Å²) in [5.74, 6) is -0.442. The number of aliphatic hydroxyl groups is 2. The minimum atomic E-state index is -0.799. The Balaban J connectivity index is 2.27. The second kappa shape index (κ2) is 6.86. The summed E-state index contributed by atoms with van der Waals surface area (Å²) in [4.78, 5) is 11.5. The number of hydrogen-bond donors (Lipinski definition) is 2. The largest absolute Gasteiger partial charge is 0.462 e. The van der Waals surface area contributed by atoms with Gasteiger partial charge in [-0.1, -0.05) is 19.8 Å². The highest BCUT2D eigenvalue weighted by Gasteiger charge is 2.34. The van der Waals surface area contributed by atoms with Gasteiger partial charge in [-0.3, -0.25) is 4.79 Å². The van der Waals surface area contributed by atoms with Gasteiger partial charge >= 0.3 is 5.97 Å². The standard InChI is InChI=1S/C12H22O4/c1-2-3-4-5-11-7-9(12(15)16-11)6-10(14)8-13/h9-11,13-14H,2-8H2,1H3/t9-,10-,11+/m0/s1. The zero-order valence-electron chi connectivity index (χ0n) is 9.89. The molecule has 1 aliphatic rings. The van der Waals surface area contributed by atoms with Crippen LogP contribution in [0.5, 0.6) is 0 Å². The molecular weight excluding hydrogens is 208 g/mol. The van der Waals surface area contributed by atoms with Crippen molar-refractivity contribution in [1.29, 1.82) is 0 Å². The molecule has 0 aromatic carbocycles. The molecule has 0 aromatic heterocycles. The van der Waals surface area contributed by atoms with Gasteiger partial charge in [0, 0.05) is 0 Å². The lowest BCUT2D eigenvalue weighted by Gasteiger charge is -2.09. The number of esters is 1. The lowest BCUT2D eigenvalue weighted by atomic mass is 9.96. The highest BCUT2D eigenvalue weighted by Crippen LogP contribution is 2.28. The molecule has 16 heavy (non-hydrogen) atoms. The molecule has 2 N–H and O–H groups in total. The Hall–Kier alpha value is -0.610. The molecule has 0 aromatic rings. The van der Waals surface area contributed by atoms with Crippen molar-refractivity contribution >= 4 is 5.97 Å². The number of hydrogen-bond acceptors (Lipinski definition) is 4. The lowest BCUT2D eigenvalue weighted by Crippen LogP contribution is -2.20. The minimum Gasteiger partial charge on any atom is -0.462 e. The highest BCUT2D eigenvalue weighted by atomic mass is 16.5. The average Bonchev–Trinajstić information content (AvgIpc) is 2.60. The second-order valence-electron chi connectivity index (χ2n) is 4.56. The van der Waals surface area contributed by atoms with Crippen LogP contribution < -0.4 is 0 Å². The van der Waals surface area contributed by atoms with Crippen LogP contribution in [0.1, 0.15) is 45.4 Å². The van der Waals surface area contributed by atoms with Crippen LogP contribution in [-0.4, -0.2) is 35.0 Å². The van der Waals surface area contributed by atoms with Crippen LogP contribution in [0.15, 0.2) is 0 Å². The first-order valence-electron chi connectivity index (χ1n) is 6.16. The van der Waals surface area contributed by atoms with E-state index in [4.69, 9.17) is 9.84 Å². The predicted molar refractivity (Wildman–Crippen MR) is 59.8 cm³/mol. The molecule has 0 aliphatic carbocycles. The van der Waals surface area contributed by atoms with Gasteiger partial charge in [0.05, 0.1) is 18.6 Å². The first kappa shape index (κ1) is 13.5. The van der Waals surface area contributed by atoms with E-state index in [2.05, 4.69) is 6.92 Å². The van der Waals surface area contributed by atoms with Gasteiger partial charge in [0.1, 0.15) is 6.10 Å². The molecule has 4 nitrogen and oxygen atoms in total. The summed E-state index contributed by atoms with van der Waals surface area (Å²) in [5.41, 5.74) is 0. The van der Waals surface area contributed by atoms with Crippen molar-refractivity contribution in [3.05, 3.63) is 0 Å².